The van der Waals surface area contributed by atoms with E-state index in [4.69, 9.17) is 9.47 Å². The summed E-state index contributed by atoms with van der Waals surface area (Å²) >= 11 is 1.51. The Kier molecular flexibility index (Phi) is 6.13. The molecular weight excluding hydrogens is 412 g/mol. The zero-order valence-corrected chi connectivity index (χ0v) is 18.0. The van der Waals surface area contributed by atoms with Gasteiger partial charge < -0.3 is 14.8 Å². The van der Waals surface area contributed by atoms with E-state index in [2.05, 4.69) is 5.32 Å². The van der Waals surface area contributed by atoms with Gasteiger partial charge in [-0.05, 0) is 30.3 Å². The number of para-hydroxylation sites is 1. The minimum atomic E-state index is -0.304. The van der Waals surface area contributed by atoms with E-state index >= 15 is 0 Å². The zero-order chi connectivity index (χ0) is 21.8. The highest BCUT2D eigenvalue weighted by Gasteiger charge is 2.37. The Bertz CT molecular complexity index is 1100. The Labute approximate surface area is 185 Å². The second-order valence-electron chi connectivity index (χ2n) is 6.87. The maximum atomic E-state index is 12.9. The number of rotatable bonds is 6. The maximum Gasteiger partial charge on any atom is 0.255 e. The predicted molar refractivity (Wildman–Crippen MR) is 123 cm³/mol. The van der Waals surface area contributed by atoms with Crippen LogP contribution < -0.4 is 19.7 Å². The van der Waals surface area contributed by atoms with E-state index in [1.54, 1.807) is 43.4 Å². The molecule has 0 bridgehead atoms. The van der Waals surface area contributed by atoms with E-state index < -0.39 is 0 Å². The molecule has 1 fully saturated rings. The summed E-state index contributed by atoms with van der Waals surface area (Å²) in [5.74, 6) is 1.30. The molecule has 1 N–H and O–H groups in total. The molecule has 1 aliphatic rings. The molecule has 0 aromatic heterocycles. The van der Waals surface area contributed by atoms with Crippen LogP contribution in [0.1, 0.15) is 21.3 Å². The van der Waals surface area contributed by atoms with Gasteiger partial charge in [-0.25, -0.2) is 0 Å². The Morgan fingerprint density at radius 2 is 1.74 bits per heavy atom. The smallest absolute Gasteiger partial charge is 0.255 e. The second-order valence-corrected chi connectivity index (χ2v) is 7.94. The molecular formula is C24H22N2O4S. The van der Waals surface area contributed by atoms with Gasteiger partial charge >= 0.3 is 0 Å². The molecule has 1 heterocycles. The van der Waals surface area contributed by atoms with Gasteiger partial charge in [-0.2, -0.15) is 0 Å². The summed E-state index contributed by atoms with van der Waals surface area (Å²) in [6, 6.07) is 22.0. The van der Waals surface area contributed by atoms with Gasteiger partial charge in [0.05, 0.1) is 25.7 Å². The molecule has 0 aliphatic carbocycles. The van der Waals surface area contributed by atoms with Crippen molar-refractivity contribution in [3.63, 3.8) is 0 Å². The van der Waals surface area contributed by atoms with Crippen LogP contribution in [0.25, 0.3) is 0 Å². The number of benzene rings is 3. The number of carbonyl (C=O) groups excluding carboxylic acids is 2. The minimum absolute atomic E-state index is 0.0253. The fourth-order valence-electron chi connectivity index (χ4n) is 3.51. The van der Waals surface area contributed by atoms with E-state index in [0.29, 0.717) is 34.2 Å². The Balaban J connectivity index is 1.69. The summed E-state index contributed by atoms with van der Waals surface area (Å²) in [6.07, 6.45) is 0. The summed E-state index contributed by atoms with van der Waals surface area (Å²) in [5.41, 5.74) is 2.75. The van der Waals surface area contributed by atoms with Crippen molar-refractivity contribution < 1.29 is 19.1 Å². The third-order valence-corrected chi connectivity index (χ3v) is 6.22. The molecule has 1 unspecified atom stereocenters. The molecule has 158 valence electrons. The normalized spacial score (nSPS) is 15.6. The average Bonchev–Trinajstić information content (AvgIpc) is 3.20. The molecule has 0 radical (unpaired) electrons. The highest BCUT2D eigenvalue weighted by Crippen LogP contribution is 2.47. The topological polar surface area (TPSA) is 67.9 Å². The molecule has 4 rings (SSSR count). The first-order chi connectivity index (χ1) is 15.1. The lowest BCUT2D eigenvalue weighted by Crippen LogP contribution is -2.29. The van der Waals surface area contributed by atoms with E-state index in [9.17, 15) is 9.59 Å². The van der Waals surface area contributed by atoms with Crippen molar-refractivity contribution in [3.05, 3.63) is 83.9 Å². The molecule has 0 spiro atoms. The minimum Gasteiger partial charge on any atom is -0.497 e. The van der Waals surface area contributed by atoms with Crippen molar-refractivity contribution in [1.29, 1.82) is 0 Å². The molecule has 1 atom stereocenters. The number of carbonyl (C=O) groups is 2. The molecule has 6 nitrogen and oxygen atoms in total. The average molecular weight is 435 g/mol. The quantitative estimate of drug-likeness (QED) is 0.607. The number of hydrogen-bond acceptors (Lipinski definition) is 5. The monoisotopic (exact) mass is 434 g/mol. The third-order valence-electron chi connectivity index (χ3n) is 5.03. The van der Waals surface area contributed by atoms with Crippen LogP contribution in [-0.2, 0) is 4.79 Å². The lowest BCUT2D eigenvalue weighted by Gasteiger charge is -2.27. The first-order valence-corrected chi connectivity index (χ1v) is 10.8. The predicted octanol–water partition coefficient (Wildman–Crippen LogP) is 4.73. The van der Waals surface area contributed by atoms with Gasteiger partial charge in [0.1, 0.15) is 16.9 Å². The summed E-state index contributed by atoms with van der Waals surface area (Å²) < 4.78 is 10.8. The lowest BCUT2D eigenvalue weighted by atomic mass is 10.1. The van der Waals surface area contributed by atoms with E-state index in [0.717, 1.165) is 5.56 Å². The van der Waals surface area contributed by atoms with Crippen LogP contribution >= 0.6 is 11.8 Å². The van der Waals surface area contributed by atoms with Gasteiger partial charge in [0, 0.05) is 22.9 Å². The summed E-state index contributed by atoms with van der Waals surface area (Å²) in [5, 5.41) is 2.69. The van der Waals surface area contributed by atoms with E-state index in [1.165, 1.54) is 11.8 Å². The highest BCUT2D eigenvalue weighted by atomic mass is 32.2. The van der Waals surface area contributed by atoms with Crippen LogP contribution in [-0.4, -0.2) is 31.8 Å². The number of nitrogens with one attached hydrogen (secondary N) is 1. The number of amides is 2. The molecule has 3 aromatic carbocycles. The SMILES string of the molecule is COc1ccc(N2C(=O)CSC2c2ccccc2NC(=O)c2ccccc2)c(OC)c1. The molecule has 2 amide bonds. The van der Waals surface area contributed by atoms with Gasteiger partial charge in [-0.15, -0.1) is 11.8 Å². The van der Waals surface area contributed by atoms with Crippen LogP contribution in [0.15, 0.2) is 72.8 Å². The van der Waals surface area contributed by atoms with Crippen molar-refractivity contribution in [2.24, 2.45) is 0 Å². The number of hydrogen-bond donors (Lipinski definition) is 1. The number of methoxy groups -OCH3 is 2. The molecule has 3 aromatic rings. The summed E-state index contributed by atoms with van der Waals surface area (Å²) in [6.45, 7) is 0. The third kappa shape index (κ3) is 4.22. The first kappa shape index (κ1) is 20.8. The maximum absolute atomic E-state index is 12.9. The Morgan fingerprint density at radius 3 is 2.48 bits per heavy atom. The van der Waals surface area contributed by atoms with Crippen LogP contribution in [0.5, 0.6) is 11.5 Å². The van der Waals surface area contributed by atoms with Crippen LogP contribution in [0.2, 0.25) is 0 Å². The number of thioether (sulfide) groups is 1. The Morgan fingerprint density at radius 1 is 1.00 bits per heavy atom. The van der Waals surface area contributed by atoms with Gasteiger partial charge in [0.15, 0.2) is 0 Å². The molecule has 1 saturated heterocycles. The molecule has 0 saturated carbocycles. The molecule has 7 heteroatoms. The van der Waals surface area contributed by atoms with Gasteiger partial charge in [-0.1, -0.05) is 36.4 Å². The van der Waals surface area contributed by atoms with Crippen LogP contribution in [0.3, 0.4) is 0 Å². The fraction of sp³-hybridized carbons (Fsp3) is 0.167. The largest absolute Gasteiger partial charge is 0.497 e. The summed E-state index contributed by atoms with van der Waals surface area (Å²) in [7, 11) is 3.15. The fourth-order valence-corrected chi connectivity index (χ4v) is 4.71. The molecule has 1 aliphatic heterocycles. The van der Waals surface area contributed by atoms with E-state index in [1.807, 2.05) is 48.5 Å². The van der Waals surface area contributed by atoms with Crippen molar-refractivity contribution in [3.8, 4) is 11.5 Å². The number of nitrogens with zero attached hydrogens (tertiary/aromatic N) is 1. The zero-order valence-electron chi connectivity index (χ0n) is 17.2. The Hall–Kier alpha value is -3.45. The highest BCUT2D eigenvalue weighted by molar-refractivity contribution is 8.00. The van der Waals surface area contributed by atoms with Crippen LogP contribution in [0, 0.1) is 0 Å². The molecule has 31 heavy (non-hydrogen) atoms. The van der Waals surface area contributed by atoms with Crippen molar-refractivity contribution in [2.45, 2.75) is 5.37 Å². The second kappa shape index (κ2) is 9.14. The van der Waals surface area contributed by atoms with Crippen LogP contribution in [0.4, 0.5) is 11.4 Å². The van der Waals surface area contributed by atoms with Gasteiger partial charge in [0.2, 0.25) is 5.91 Å². The standard InChI is InChI=1S/C24H22N2O4S/c1-29-17-12-13-20(21(14-17)30-2)26-22(27)15-31-24(26)18-10-6-7-11-19(18)25-23(28)16-8-4-3-5-9-16/h3-14,24H,15H2,1-2H3,(H,25,28). The van der Waals surface area contributed by atoms with Gasteiger partial charge in [-0.3, -0.25) is 14.5 Å². The van der Waals surface area contributed by atoms with E-state index in [-0.39, 0.29) is 17.2 Å². The lowest BCUT2D eigenvalue weighted by molar-refractivity contribution is -0.115. The number of ether oxygens (including phenoxy) is 2. The van der Waals surface area contributed by atoms with Gasteiger partial charge in [0.25, 0.3) is 5.91 Å². The summed E-state index contributed by atoms with van der Waals surface area (Å²) in [4.78, 5) is 27.3. The van der Waals surface area contributed by atoms with Crippen molar-refractivity contribution in [2.75, 3.05) is 30.2 Å². The number of anilines is 2. The van der Waals surface area contributed by atoms with Crippen molar-refractivity contribution >= 4 is 35.0 Å². The first-order valence-electron chi connectivity index (χ1n) is 9.73. The van der Waals surface area contributed by atoms with Crippen molar-refractivity contribution in [1.82, 2.24) is 0 Å².